The van der Waals surface area contributed by atoms with E-state index in [-0.39, 0.29) is 24.1 Å². The summed E-state index contributed by atoms with van der Waals surface area (Å²) in [6.45, 7) is 14.1. The number of aromatic amines is 1. The molecule has 0 bridgehead atoms. The lowest BCUT2D eigenvalue weighted by Gasteiger charge is -2.28. The summed E-state index contributed by atoms with van der Waals surface area (Å²) in [5.74, 6) is 0.554. The molecule has 46 heavy (non-hydrogen) atoms. The summed E-state index contributed by atoms with van der Waals surface area (Å²) in [5.41, 5.74) is 3.18. The molecule has 2 aliphatic heterocycles. The lowest BCUT2D eigenvalue weighted by molar-refractivity contribution is -0.126. The van der Waals surface area contributed by atoms with Crippen LogP contribution in [0.5, 0.6) is 0 Å². The molecule has 2 aromatic heterocycles. The van der Waals surface area contributed by atoms with Crippen LogP contribution in [0.1, 0.15) is 97.6 Å². The van der Waals surface area contributed by atoms with E-state index in [2.05, 4.69) is 15.3 Å². The van der Waals surface area contributed by atoms with E-state index in [4.69, 9.17) is 14.5 Å². The largest absolute Gasteiger partial charge is 0.444 e. The van der Waals surface area contributed by atoms with Gasteiger partial charge in [-0.2, -0.15) is 0 Å². The van der Waals surface area contributed by atoms with Gasteiger partial charge in [0.25, 0.3) is 0 Å². The second kappa shape index (κ2) is 13.1. The molecule has 2 fully saturated rings. The second-order valence-corrected chi connectivity index (χ2v) is 14.1. The number of nitrogens with one attached hydrogen (secondary N) is 2. The number of ether oxygens (including phenoxy) is 2. The number of hydrogen-bond acceptors (Lipinski definition) is 7. The Morgan fingerprint density at radius 2 is 1.46 bits per heavy atom. The van der Waals surface area contributed by atoms with Crippen molar-refractivity contribution in [2.24, 2.45) is 0 Å². The highest BCUT2D eigenvalue weighted by Crippen LogP contribution is 2.33. The number of hydrogen-bond donors (Lipinski definition) is 2. The standard InChI is InChI=1S/C35H46N6O5/c1-22(38-31(42)29-11-9-19-41(29)33(44)46-35(5,6)7)23-12-14-24(15-13-23)25-16-17-26(36-20-25)27-21-37-30(39-27)28-10-8-18-40(28)32(43)45-34(2,3)4/h12-17,20-22,28-29H,8-11,18-19H2,1-7H3,(H,37,39)(H,38,42)/t22-,28-,29-/m0/s1. The molecule has 0 radical (unpaired) electrons. The molecular weight excluding hydrogens is 584 g/mol. The molecule has 0 spiro atoms. The molecule has 1 aromatic carbocycles. The molecule has 0 unspecified atom stereocenters. The Morgan fingerprint density at radius 1 is 0.848 bits per heavy atom. The fourth-order valence-electron chi connectivity index (χ4n) is 5.88. The van der Waals surface area contributed by atoms with E-state index >= 15 is 0 Å². The van der Waals surface area contributed by atoms with E-state index in [9.17, 15) is 14.4 Å². The summed E-state index contributed by atoms with van der Waals surface area (Å²) in [7, 11) is 0. The average molecular weight is 631 g/mol. The first-order chi connectivity index (χ1) is 21.7. The lowest BCUT2D eigenvalue weighted by Crippen LogP contribution is -2.48. The van der Waals surface area contributed by atoms with Crippen LogP contribution in [0.2, 0.25) is 0 Å². The van der Waals surface area contributed by atoms with E-state index in [1.54, 1.807) is 4.90 Å². The maximum atomic E-state index is 13.1. The Hall–Kier alpha value is -4.41. The summed E-state index contributed by atoms with van der Waals surface area (Å²) in [6.07, 6.45) is 5.96. The maximum absolute atomic E-state index is 13.1. The SMILES string of the molecule is C[C@H](NC(=O)[C@@H]1CCCN1C(=O)OC(C)(C)C)c1ccc(-c2ccc(-c3c[nH]c([C@@H]4CCCN4C(=O)OC(C)(C)C)n3)nc2)cc1. The highest BCUT2D eigenvalue weighted by molar-refractivity contribution is 5.86. The van der Waals surface area contributed by atoms with Crippen LogP contribution < -0.4 is 5.32 Å². The molecule has 3 atom stereocenters. The number of imidazole rings is 1. The van der Waals surface area contributed by atoms with Gasteiger partial charge in [0.05, 0.1) is 17.8 Å². The van der Waals surface area contributed by atoms with Gasteiger partial charge >= 0.3 is 12.2 Å². The quantitative estimate of drug-likeness (QED) is 0.307. The molecule has 11 nitrogen and oxygen atoms in total. The van der Waals surface area contributed by atoms with Gasteiger partial charge in [-0.1, -0.05) is 30.3 Å². The van der Waals surface area contributed by atoms with Gasteiger partial charge in [0.1, 0.15) is 28.8 Å². The first-order valence-corrected chi connectivity index (χ1v) is 16.1. The van der Waals surface area contributed by atoms with Crippen LogP contribution in [0, 0.1) is 0 Å². The first kappa shape index (κ1) is 33.0. The number of likely N-dealkylation sites (tertiary alicyclic amines) is 2. The zero-order valence-corrected chi connectivity index (χ0v) is 27.9. The molecule has 2 aliphatic rings. The molecule has 4 heterocycles. The molecule has 2 saturated heterocycles. The van der Waals surface area contributed by atoms with Gasteiger partial charge in [0.15, 0.2) is 0 Å². The molecule has 3 aromatic rings. The van der Waals surface area contributed by atoms with Crippen LogP contribution in [0.25, 0.3) is 22.5 Å². The molecule has 5 rings (SSSR count). The molecule has 246 valence electrons. The molecule has 11 heteroatoms. The highest BCUT2D eigenvalue weighted by atomic mass is 16.6. The van der Waals surface area contributed by atoms with E-state index in [1.165, 1.54) is 4.90 Å². The maximum Gasteiger partial charge on any atom is 0.410 e. The minimum absolute atomic E-state index is 0.157. The molecule has 3 amide bonds. The van der Waals surface area contributed by atoms with E-state index < -0.39 is 23.3 Å². The van der Waals surface area contributed by atoms with Gasteiger partial charge in [0, 0.05) is 31.0 Å². The molecule has 2 N–H and O–H groups in total. The minimum atomic E-state index is -0.615. The number of amides is 3. The number of pyridine rings is 1. The topological polar surface area (TPSA) is 130 Å². The van der Waals surface area contributed by atoms with E-state index in [0.29, 0.717) is 25.2 Å². The van der Waals surface area contributed by atoms with Crippen molar-refractivity contribution in [1.82, 2.24) is 30.1 Å². The summed E-state index contributed by atoms with van der Waals surface area (Å²) in [4.78, 5) is 54.5. The predicted molar refractivity (Wildman–Crippen MR) is 175 cm³/mol. The van der Waals surface area contributed by atoms with Crippen molar-refractivity contribution in [3.8, 4) is 22.5 Å². The predicted octanol–water partition coefficient (Wildman–Crippen LogP) is 6.79. The Balaban J connectivity index is 1.19. The van der Waals surface area contributed by atoms with Gasteiger partial charge < -0.3 is 19.8 Å². The smallest absolute Gasteiger partial charge is 0.410 e. The van der Waals surface area contributed by atoms with Crippen LogP contribution in [-0.4, -0.2) is 73.2 Å². The molecule has 0 saturated carbocycles. The molecular formula is C35H46N6O5. The number of H-pyrrole nitrogens is 1. The van der Waals surface area contributed by atoms with Gasteiger partial charge in [-0.3, -0.25) is 19.6 Å². The highest BCUT2D eigenvalue weighted by Gasteiger charge is 2.37. The third-order valence-corrected chi connectivity index (χ3v) is 8.11. The van der Waals surface area contributed by atoms with Crippen molar-refractivity contribution in [3.05, 3.63) is 60.2 Å². The van der Waals surface area contributed by atoms with Crippen LogP contribution >= 0.6 is 0 Å². The summed E-state index contributed by atoms with van der Waals surface area (Å²) >= 11 is 0. The van der Waals surface area contributed by atoms with Crippen LogP contribution in [0.15, 0.2) is 48.8 Å². The second-order valence-electron chi connectivity index (χ2n) is 14.1. The Labute approximate surface area is 271 Å². The van der Waals surface area contributed by atoms with Crippen molar-refractivity contribution < 1.29 is 23.9 Å². The summed E-state index contributed by atoms with van der Waals surface area (Å²) < 4.78 is 11.1. The molecule has 0 aliphatic carbocycles. The van der Waals surface area contributed by atoms with E-state index in [0.717, 1.165) is 47.5 Å². The van der Waals surface area contributed by atoms with Crippen molar-refractivity contribution >= 4 is 18.1 Å². The van der Waals surface area contributed by atoms with Crippen molar-refractivity contribution in [2.45, 2.75) is 103 Å². The third-order valence-electron chi connectivity index (χ3n) is 8.11. The Bertz CT molecular complexity index is 1540. The fraction of sp³-hybridized carbons (Fsp3) is 0.514. The van der Waals surface area contributed by atoms with Crippen molar-refractivity contribution in [2.75, 3.05) is 13.1 Å². The summed E-state index contributed by atoms with van der Waals surface area (Å²) in [5, 5.41) is 3.07. The fourth-order valence-corrected chi connectivity index (χ4v) is 5.88. The van der Waals surface area contributed by atoms with Gasteiger partial charge in [0.2, 0.25) is 5.91 Å². The Kier molecular flexibility index (Phi) is 9.42. The van der Waals surface area contributed by atoms with Gasteiger partial charge in [-0.05, 0) is 91.3 Å². The summed E-state index contributed by atoms with van der Waals surface area (Å²) in [6, 6.07) is 11.0. The number of rotatable bonds is 6. The van der Waals surface area contributed by atoms with Crippen LogP contribution in [0.3, 0.4) is 0 Å². The normalized spacial score (nSPS) is 19.2. The van der Waals surface area contributed by atoms with Crippen LogP contribution in [0.4, 0.5) is 9.59 Å². The first-order valence-electron chi connectivity index (χ1n) is 16.1. The van der Waals surface area contributed by atoms with E-state index in [1.807, 2.05) is 97.3 Å². The lowest BCUT2D eigenvalue weighted by atomic mass is 10.0. The number of nitrogens with zero attached hydrogens (tertiary/aromatic N) is 4. The number of aromatic nitrogens is 3. The minimum Gasteiger partial charge on any atom is -0.444 e. The zero-order chi connectivity index (χ0) is 33.2. The zero-order valence-electron chi connectivity index (χ0n) is 27.9. The number of carbonyl (C=O) groups is 3. The van der Waals surface area contributed by atoms with Gasteiger partial charge in [-0.25, -0.2) is 14.6 Å². The van der Waals surface area contributed by atoms with Crippen molar-refractivity contribution in [1.29, 1.82) is 0 Å². The van der Waals surface area contributed by atoms with Crippen LogP contribution in [-0.2, 0) is 14.3 Å². The third kappa shape index (κ3) is 7.86. The van der Waals surface area contributed by atoms with Gasteiger partial charge in [-0.15, -0.1) is 0 Å². The monoisotopic (exact) mass is 630 g/mol. The number of carbonyl (C=O) groups excluding carboxylic acids is 3. The van der Waals surface area contributed by atoms with Crippen molar-refractivity contribution in [3.63, 3.8) is 0 Å². The average Bonchev–Trinajstić information content (AvgIpc) is 3.76. The number of benzene rings is 1. The Morgan fingerprint density at radius 3 is 2.09 bits per heavy atom.